The maximum absolute atomic E-state index is 2.34. The zero-order chi connectivity index (χ0) is 14.9. The fourth-order valence-electron chi connectivity index (χ4n) is 2.71. The summed E-state index contributed by atoms with van der Waals surface area (Å²) >= 11 is 2.25. The van der Waals surface area contributed by atoms with Crippen molar-refractivity contribution in [1.29, 1.82) is 0 Å². The molecule has 1 unspecified atom stereocenters. The molecule has 0 aliphatic carbocycles. The molecule has 0 aromatic carbocycles. The van der Waals surface area contributed by atoms with E-state index in [1.165, 1.54) is 95.6 Å². The number of hydrogen-bond acceptors (Lipinski definition) is 1. The molecule has 0 fully saturated rings. The molecule has 0 heterocycles. The molecule has 1 heteroatoms. The summed E-state index contributed by atoms with van der Waals surface area (Å²) in [7, 11) is 0. The van der Waals surface area contributed by atoms with Crippen molar-refractivity contribution in [3.8, 4) is 0 Å². The van der Waals surface area contributed by atoms with Crippen LogP contribution in [0, 0.1) is 0 Å². The van der Waals surface area contributed by atoms with Crippen molar-refractivity contribution in [3.05, 3.63) is 0 Å². The Bertz CT molecular complexity index is 167. The highest BCUT2D eigenvalue weighted by atomic mass is 32.2. The molecule has 0 aromatic heterocycles. The van der Waals surface area contributed by atoms with Gasteiger partial charge in [-0.1, -0.05) is 91.4 Å². The van der Waals surface area contributed by atoms with Crippen molar-refractivity contribution in [2.24, 2.45) is 0 Å². The van der Waals surface area contributed by atoms with E-state index in [2.05, 4.69) is 32.5 Å². The highest BCUT2D eigenvalue weighted by Gasteiger charge is 2.07. The minimum Gasteiger partial charge on any atom is -0.159 e. The Morgan fingerprint density at radius 2 is 1.10 bits per heavy atom. The van der Waals surface area contributed by atoms with E-state index in [1.54, 1.807) is 0 Å². The van der Waals surface area contributed by atoms with E-state index < -0.39 is 0 Å². The molecule has 0 aromatic rings. The van der Waals surface area contributed by atoms with Gasteiger partial charge in [-0.3, -0.25) is 0 Å². The summed E-state index contributed by atoms with van der Waals surface area (Å²) in [5.74, 6) is 1.39. The first-order valence-electron chi connectivity index (χ1n) is 9.46. The van der Waals surface area contributed by atoms with Crippen molar-refractivity contribution in [2.45, 2.75) is 116 Å². The van der Waals surface area contributed by atoms with E-state index in [4.69, 9.17) is 0 Å². The van der Waals surface area contributed by atoms with Crippen LogP contribution in [-0.2, 0) is 0 Å². The standard InChI is InChI=1S/C19H40S/c1-4-7-9-10-11-12-13-14-15-17-19(16-6-3)20-18-8-5-2/h19H,4-18H2,1-3H3. The normalized spacial score (nSPS) is 12.8. The Labute approximate surface area is 133 Å². The first-order valence-corrected chi connectivity index (χ1v) is 10.5. The maximum atomic E-state index is 2.34. The summed E-state index contributed by atoms with van der Waals surface area (Å²) in [6, 6.07) is 0. The smallest absolute Gasteiger partial charge is 0.00469 e. The zero-order valence-corrected chi connectivity index (χ0v) is 15.4. The Balaban J connectivity index is 3.34. The van der Waals surface area contributed by atoms with Gasteiger partial charge in [0.1, 0.15) is 0 Å². The van der Waals surface area contributed by atoms with Gasteiger partial charge in [-0.15, -0.1) is 0 Å². The second-order valence-electron chi connectivity index (χ2n) is 6.25. The van der Waals surface area contributed by atoms with Crippen LogP contribution in [0.25, 0.3) is 0 Å². The predicted molar refractivity (Wildman–Crippen MR) is 97.9 cm³/mol. The minimum atomic E-state index is 0.955. The number of rotatable bonds is 16. The lowest BCUT2D eigenvalue weighted by Crippen LogP contribution is -2.03. The second kappa shape index (κ2) is 17.4. The molecule has 0 radical (unpaired) electrons. The topological polar surface area (TPSA) is 0 Å². The third kappa shape index (κ3) is 14.8. The monoisotopic (exact) mass is 300 g/mol. The number of unbranched alkanes of at least 4 members (excludes halogenated alkanes) is 9. The van der Waals surface area contributed by atoms with Gasteiger partial charge in [0.25, 0.3) is 0 Å². The van der Waals surface area contributed by atoms with Crippen molar-refractivity contribution in [2.75, 3.05) is 5.75 Å². The molecule has 0 bridgehead atoms. The van der Waals surface area contributed by atoms with Crippen LogP contribution >= 0.6 is 11.8 Å². The van der Waals surface area contributed by atoms with Gasteiger partial charge in [0.2, 0.25) is 0 Å². The van der Waals surface area contributed by atoms with E-state index in [0.717, 1.165) is 5.25 Å². The molecule has 122 valence electrons. The summed E-state index contributed by atoms with van der Waals surface area (Å²) in [6.45, 7) is 6.94. The third-order valence-electron chi connectivity index (χ3n) is 4.09. The van der Waals surface area contributed by atoms with Crippen molar-refractivity contribution in [1.82, 2.24) is 0 Å². The molecule has 0 saturated heterocycles. The predicted octanol–water partition coefficient (Wildman–Crippen LogP) is 7.61. The lowest BCUT2D eigenvalue weighted by molar-refractivity contribution is 0.546. The van der Waals surface area contributed by atoms with Gasteiger partial charge in [-0.05, 0) is 25.0 Å². The van der Waals surface area contributed by atoms with E-state index >= 15 is 0 Å². The van der Waals surface area contributed by atoms with Crippen LogP contribution in [0.1, 0.15) is 111 Å². The lowest BCUT2D eigenvalue weighted by Gasteiger charge is -2.15. The Morgan fingerprint density at radius 1 is 0.550 bits per heavy atom. The fraction of sp³-hybridized carbons (Fsp3) is 1.00. The molecule has 0 amide bonds. The van der Waals surface area contributed by atoms with E-state index in [1.807, 2.05) is 0 Å². The molecule has 0 spiro atoms. The summed E-state index contributed by atoms with van der Waals surface area (Å²) < 4.78 is 0. The van der Waals surface area contributed by atoms with Crippen LogP contribution in [0.15, 0.2) is 0 Å². The fourth-order valence-corrected chi connectivity index (χ4v) is 4.23. The Morgan fingerprint density at radius 3 is 1.65 bits per heavy atom. The van der Waals surface area contributed by atoms with Gasteiger partial charge in [-0.25, -0.2) is 0 Å². The number of thioether (sulfide) groups is 1. The Hall–Kier alpha value is 0.350. The van der Waals surface area contributed by atoms with Crippen LogP contribution in [0.2, 0.25) is 0 Å². The third-order valence-corrected chi connectivity index (χ3v) is 5.56. The first-order chi connectivity index (χ1) is 9.85. The van der Waals surface area contributed by atoms with Crippen molar-refractivity contribution >= 4 is 11.8 Å². The largest absolute Gasteiger partial charge is 0.159 e. The SMILES string of the molecule is CCCCCCCCCCCC(CCC)SCCCC. The van der Waals surface area contributed by atoms with Gasteiger partial charge < -0.3 is 0 Å². The van der Waals surface area contributed by atoms with Crippen LogP contribution in [0.5, 0.6) is 0 Å². The average molecular weight is 301 g/mol. The molecular formula is C19H40S. The van der Waals surface area contributed by atoms with Crippen molar-refractivity contribution < 1.29 is 0 Å². The maximum Gasteiger partial charge on any atom is 0.00469 e. The molecule has 0 aliphatic rings. The van der Waals surface area contributed by atoms with Gasteiger partial charge >= 0.3 is 0 Å². The molecule has 0 N–H and O–H groups in total. The molecule has 0 rings (SSSR count). The molecular weight excluding hydrogens is 260 g/mol. The van der Waals surface area contributed by atoms with Crippen molar-refractivity contribution in [3.63, 3.8) is 0 Å². The number of hydrogen-bond donors (Lipinski definition) is 0. The molecule has 20 heavy (non-hydrogen) atoms. The first kappa shape index (κ1) is 20.3. The Kier molecular flexibility index (Phi) is 17.7. The summed E-state index contributed by atoms with van der Waals surface area (Å²) in [4.78, 5) is 0. The summed E-state index contributed by atoms with van der Waals surface area (Å²) in [6.07, 6.45) is 20.1. The van der Waals surface area contributed by atoms with Gasteiger partial charge in [0.15, 0.2) is 0 Å². The zero-order valence-electron chi connectivity index (χ0n) is 14.6. The summed E-state index contributed by atoms with van der Waals surface area (Å²) in [5.41, 5.74) is 0. The molecule has 1 atom stereocenters. The highest BCUT2D eigenvalue weighted by Crippen LogP contribution is 2.24. The van der Waals surface area contributed by atoms with Gasteiger partial charge in [0, 0.05) is 5.25 Å². The average Bonchev–Trinajstić information content (AvgIpc) is 2.45. The molecule has 0 aliphatic heterocycles. The molecule has 0 saturated carbocycles. The van der Waals surface area contributed by atoms with E-state index in [-0.39, 0.29) is 0 Å². The molecule has 0 nitrogen and oxygen atoms in total. The summed E-state index contributed by atoms with van der Waals surface area (Å²) in [5, 5.41) is 0.955. The quantitative estimate of drug-likeness (QED) is 0.264. The minimum absolute atomic E-state index is 0.955. The highest BCUT2D eigenvalue weighted by molar-refractivity contribution is 7.99. The van der Waals surface area contributed by atoms with Gasteiger partial charge in [-0.2, -0.15) is 11.8 Å². The van der Waals surface area contributed by atoms with Crippen LogP contribution in [0.3, 0.4) is 0 Å². The van der Waals surface area contributed by atoms with Crippen LogP contribution in [0.4, 0.5) is 0 Å². The van der Waals surface area contributed by atoms with E-state index in [0.29, 0.717) is 0 Å². The van der Waals surface area contributed by atoms with Crippen LogP contribution in [-0.4, -0.2) is 11.0 Å². The van der Waals surface area contributed by atoms with Gasteiger partial charge in [0.05, 0.1) is 0 Å². The van der Waals surface area contributed by atoms with E-state index in [9.17, 15) is 0 Å². The second-order valence-corrected chi connectivity index (χ2v) is 7.66. The van der Waals surface area contributed by atoms with Crippen LogP contribution < -0.4 is 0 Å². The lowest BCUT2D eigenvalue weighted by atomic mass is 10.0.